The highest BCUT2D eigenvalue weighted by Gasteiger charge is 2.23. The van der Waals surface area contributed by atoms with Gasteiger partial charge in [0.1, 0.15) is 0 Å². The summed E-state index contributed by atoms with van der Waals surface area (Å²) in [4.78, 5) is 16.5. The number of amides is 1. The molecule has 0 aromatic heterocycles. The maximum atomic E-state index is 12.3. The monoisotopic (exact) mass is 339 g/mol. The molecule has 0 aliphatic carbocycles. The molecule has 128 valence electrons. The normalized spacial score (nSPS) is 20.5. The highest BCUT2D eigenvalue weighted by Crippen LogP contribution is 2.22. The van der Waals surface area contributed by atoms with Gasteiger partial charge in [-0.3, -0.25) is 9.69 Å². The van der Waals surface area contributed by atoms with Crippen molar-refractivity contribution < 1.29 is 9.53 Å². The van der Waals surface area contributed by atoms with Gasteiger partial charge in [-0.15, -0.1) is 0 Å². The first-order valence-electron chi connectivity index (χ1n) is 7.98. The fourth-order valence-corrected chi connectivity index (χ4v) is 3.14. The molecule has 1 aliphatic heterocycles. The number of carbonyl (C=O) groups is 1. The van der Waals surface area contributed by atoms with Crippen molar-refractivity contribution in [2.24, 2.45) is 0 Å². The van der Waals surface area contributed by atoms with Crippen LogP contribution in [0, 0.1) is 0 Å². The maximum absolute atomic E-state index is 12.3. The van der Waals surface area contributed by atoms with E-state index in [0.717, 1.165) is 25.2 Å². The Bertz CT molecular complexity index is 524. The van der Waals surface area contributed by atoms with Gasteiger partial charge in [-0.05, 0) is 32.6 Å². The third-order valence-electron chi connectivity index (χ3n) is 3.91. The largest absolute Gasteiger partial charge is 0.374 e. The zero-order chi connectivity index (χ0) is 16.8. The number of hydrogen-bond acceptors (Lipinski definition) is 4. The fourth-order valence-electron chi connectivity index (χ4n) is 2.84. The molecule has 0 spiro atoms. The van der Waals surface area contributed by atoms with Crippen LogP contribution in [0.5, 0.6) is 0 Å². The minimum atomic E-state index is -0.102. The molecule has 0 unspecified atom stereocenters. The Kier molecular flexibility index (Phi) is 6.84. The highest BCUT2D eigenvalue weighted by molar-refractivity contribution is 6.31. The molecule has 1 aromatic carbocycles. The van der Waals surface area contributed by atoms with Crippen LogP contribution >= 0.6 is 11.6 Å². The highest BCUT2D eigenvalue weighted by atomic mass is 35.5. The summed E-state index contributed by atoms with van der Waals surface area (Å²) in [6.07, 6.45) is 0.160. The van der Waals surface area contributed by atoms with E-state index in [0.29, 0.717) is 18.2 Å². The molecule has 6 heteroatoms. The van der Waals surface area contributed by atoms with Gasteiger partial charge in [-0.25, -0.2) is 0 Å². The molecule has 1 fully saturated rings. The van der Waals surface area contributed by atoms with Gasteiger partial charge in [0, 0.05) is 24.7 Å². The SMILES string of the molecule is C[C@@H](NC(=O)CN1CCO[C@@H](CN(C)C)C1)c1ccccc1Cl. The van der Waals surface area contributed by atoms with E-state index in [1.165, 1.54) is 0 Å². The molecule has 0 bridgehead atoms. The zero-order valence-electron chi connectivity index (χ0n) is 14.1. The zero-order valence-corrected chi connectivity index (χ0v) is 14.8. The van der Waals surface area contributed by atoms with E-state index in [-0.39, 0.29) is 18.1 Å². The standard InChI is InChI=1S/C17H26ClN3O2/c1-13(15-6-4-5-7-16(15)18)19-17(22)12-21-8-9-23-14(11-21)10-20(2)3/h4-7,13-14H,8-12H2,1-3H3,(H,19,22)/t13-,14+/m1/s1. The molecule has 5 nitrogen and oxygen atoms in total. The van der Waals surface area contributed by atoms with Crippen LogP contribution in [-0.2, 0) is 9.53 Å². The molecule has 0 saturated carbocycles. The van der Waals surface area contributed by atoms with E-state index in [1.807, 2.05) is 45.3 Å². The number of halogens is 1. The summed E-state index contributed by atoms with van der Waals surface area (Å²) in [5.41, 5.74) is 0.940. The summed E-state index contributed by atoms with van der Waals surface area (Å²) >= 11 is 6.18. The Morgan fingerprint density at radius 1 is 1.48 bits per heavy atom. The van der Waals surface area contributed by atoms with Crippen molar-refractivity contribution in [3.63, 3.8) is 0 Å². The first kappa shape index (κ1) is 18.2. The predicted molar refractivity (Wildman–Crippen MR) is 92.7 cm³/mol. The molecule has 1 saturated heterocycles. The number of likely N-dealkylation sites (N-methyl/N-ethyl adjacent to an activating group) is 1. The molecule has 1 aromatic rings. The molecule has 1 aliphatic rings. The number of nitrogens with zero attached hydrogens (tertiary/aromatic N) is 2. The molecular weight excluding hydrogens is 314 g/mol. The Labute approximate surface area is 143 Å². The molecule has 2 atom stereocenters. The van der Waals surface area contributed by atoms with Crippen LogP contribution in [-0.4, -0.2) is 68.7 Å². The van der Waals surface area contributed by atoms with Crippen LogP contribution in [0.2, 0.25) is 5.02 Å². The van der Waals surface area contributed by atoms with E-state index < -0.39 is 0 Å². The molecule has 2 rings (SSSR count). The van der Waals surface area contributed by atoms with Gasteiger partial charge >= 0.3 is 0 Å². The molecule has 0 radical (unpaired) electrons. The Hall–Kier alpha value is -1.14. The summed E-state index contributed by atoms with van der Waals surface area (Å²) in [5, 5.41) is 3.70. The van der Waals surface area contributed by atoms with Gasteiger partial charge in [0.15, 0.2) is 0 Å². The van der Waals surface area contributed by atoms with E-state index in [4.69, 9.17) is 16.3 Å². The lowest BCUT2D eigenvalue weighted by atomic mass is 10.1. The first-order chi connectivity index (χ1) is 11.0. The fraction of sp³-hybridized carbons (Fsp3) is 0.588. The molecule has 1 amide bonds. The van der Waals surface area contributed by atoms with Crippen LogP contribution in [0.3, 0.4) is 0 Å². The van der Waals surface area contributed by atoms with E-state index in [1.54, 1.807) is 0 Å². The number of rotatable bonds is 6. The molecule has 1 heterocycles. The Balaban J connectivity index is 1.83. The molecule has 1 N–H and O–H groups in total. The van der Waals surface area contributed by atoms with Crippen LogP contribution in [0.1, 0.15) is 18.5 Å². The summed E-state index contributed by atoms with van der Waals surface area (Å²) in [7, 11) is 4.06. The summed E-state index contributed by atoms with van der Waals surface area (Å²) in [6, 6.07) is 7.49. The average molecular weight is 340 g/mol. The van der Waals surface area contributed by atoms with Gasteiger partial charge in [0.05, 0.1) is 25.3 Å². The van der Waals surface area contributed by atoms with Crippen LogP contribution in [0.15, 0.2) is 24.3 Å². The summed E-state index contributed by atoms with van der Waals surface area (Å²) in [5.74, 6) is 0.0166. The molecule has 23 heavy (non-hydrogen) atoms. The van der Waals surface area contributed by atoms with Gasteiger partial charge in [-0.2, -0.15) is 0 Å². The predicted octanol–water partition coefficient (Wildman–Crippen LogP) is 1.78. The second kappa shape index (κ2) is 8.64. The van der Waals surface area contributed by atoms with E-state index in [9.17, 15) is 4.79 Å². The van der Waals surface area contributed by atoms with Crippen molar-refractivity contribution in [2.45, 2.75) is 19.1 Å². The van der Waals surface area contributed by atoms with Gasteiger partial charge < -0.3 is 15.0 Å². The van der Waals surface area contributed by atoms with Gasteiger partial charge in [0.25, 0.3) is 0 Å². The van der Waals surface area contributed by atoms with Crippen LogP contribution in [0.25, 0.3) is 0 Å². The first-order valence-corrected chi connectivity index (χ1v) is 8.36. The lowest BCUT2D eigenvalue weighted by Crippen LogP contribution is -2.49. The van der Waals surface area contributed by atoms with Gasteiger partial charge in [0.2, 0.25) is 5.91 Å². The Morgan fingerprint density at radius 2 is 2.22 bits per heavy atom. The third-order valence-corrected chi connectivity index (χ3v) is 4.25. The quantitative estimate of drug-likeness (QED) is 0.858. The number of hydrogen-bond donors (Lipinski definition) is 1. The lowest BCUT2D eigenvalue weighted by Gasteiger charge is -2.33. The summed E-state index contributed by atoms with van der Waals surface area (Å²) in [6.45, 7) is 5.46. The number of ether oxygens (including phenoxy) is 1. The van der Waals surface area contributed by atoms with Crippen molar-refractivity contribution >= 4 is 17.5 Å². The number of benzene rings is 1. The Morgan fingerprint density at radius 3 is 2.91 bits per heavy atom. The summed E-state index contributed by atoms with van der Waals surface area (Å²) < 4.78 is 5.73. The third kappa shape index (κ3) is 5.77. The minimum absolute atomic E-state index is 0.0166. The maximum Gasteiger partial charge on any atom is 0.234 e. The van der Waals surface area contributed by atoms with E-state index in [2.05, 4.69) is 15.1 Å². The average Bonchev–Trinajstić information content (AvgIpc) is 2.47. The smallest absolute Gasteiger partial charge is 0.234 e. The van der Waals surface area contributed by atoms with E-state index >= 15 is 0 Å². The van der Waals surface area contributed by atoms with Crippen molar-refractivity contribution in [1.82, 2.24) is 15.1 Å². The van der Waals surface area contributed by atoms with Crippen molar-refractivity contribution in [3.8, 4) is 0 Å². The van der Waals surface area contributed by atoms with Crippen molar-refractivity contribution in [2.75, 3.05) is 46.9 Å². The minimum Gasteiger partial charge on any atom is -0.374 e. The van der Waals surface area contributed by atoms with Crippen LogP contribution < -0.4 is 5.32 Å². The lowest BCUT2D eigenvalue weighted by molar-refractivity contribution is -0.125. The number of carbonyl (C=O) groups excluding carboxylic acids is 1. The second-order valence-electron chi connectivity index (χ2n) is 6.30. The topological polar surface area (TPSA) is 44.8 Å². The number of morpholine rings is 1. The number of nitrogens with one attached hydrogen (secondary N) is 1. The van der Waals surface area contributed by atoms with Gasteiger partial charge in [-0.1, -0.05) is 29.8 Å². The molecular formula is C17H26ClN3O2. The van der Waals surface area contributed by atoms with Crippen molar-refractivity contribution in [1.29, 1.82) is 0 Å². The van der Waals surface area contributed by atoms with Crippen molar-refractivity contribution in [3.05, 3.63) is 34.9 Å². The van der Waals surface area contributed by atoms with Crippen LogP contribution in [0.4, 0.5) is 0 Å². The second-order valence-corrected chi connectivity index (χ2v) is 6.71.